The van der Waals surface area contributed by atoms with Crippen molar-refractivity contribution in [2.75, 3.05) is 51.4 Å². The number of rotatable bonds is 4. The van der Waals surface area contributed by atoms with Crippen molar-refractivity contribution < 1.29 is 19.0 Å². The monoisotopic (exact) mass is 434 g/mol. The van der Waals surface area contributed by atoms with Gasteiger partial charge >= 0.3 is 0 Å². The molecule has 3 heterocycles. The number of piperazine rings is 1. The molecule has 8 nitrogen and oxygen atoms in total. The van der Waals surface area contributed by atoms with E-state index >= 15 is 0 Å². The minimum absolute atomic E-state index is 0.0183. The topological polar surface area (TPSA) is 69.1 Å². The number of anilines is 1. The van der Waals surface area contributed by atoms with Gasteiger partial charge in [0.2, 0.25) is 0 Å². The van der Waals surface area contributed by atoms with Gasteiger partial charge in [-0.1, -0.05) is 6.07 Å². The maximum atomic E-state index is 13.4. The molecular formula is C24H26N4O4. The van der Waals surface area contributed by atoms with Crippen LogP contribution in [0.2, 0.25) is 0 Å². The Morgan fingerprint density at radius 3 is 2.50 bits per heavy atom. The number of fused-ring (bicyclic) bond motifs is 1. The van der Waals surface area contributed by atoms with E-state index in [9.17, 15) is 4.79 Å². The molecule has 0 spiro atoms. The molecule has 2 aliphatic heterocycles. The van der Waals surface area contributed by atoms with E-state index < -0.39 is 0 Å². The van der Waals surface area contributed by atoms with Crippen LogP contribution < -0.4 is 19.1 Å². The van der Waals surface area contributed by atoms with Crippen LogP contribution in [0, 0.1) is 6.92 Å². The van der Waals surface area contributed by atoms with Crippen molar-refractivity contribution in [3.8, 4) is 22.9 Å². The summed E-state index contributed by atoms with van der Waals surface area (Å²) in [5.74, 6) is 2.28. The largest absolute Gasteiger partial charge is 0.497 e. The lowest BCUT2D eigenvalue weighted by molar-refractivity contribution is 0.0737. The lowest BCUT2D eigenvalue weighted by Gasteiger charge is -2.36. The second-order valence-corrected chi connectivity index (χ2v) is 7.89. The SMILES string of the molecule is COc1cccc(-n2nc(C)cc2C(=O)N2CCN(c3ccc4c(c3)OCCO4)CC2)c1. The molecule has 8 heteroatoms. The van der Waals surface area contributed by atoms with E-state index in [0.29, 0.717) is 32.0 Å². The summed E-state index contributed by atoms with van der Waals surface area (Å²) in [4.78, 5) is 17.5. The maximum absolute atomic E-state index is 13.4. The van der Waals surface area contributed by atoms with Gasteiger partial charge in [0.05, 0.1) is 18.5 Å². The molecule has 1 fully saturated rings. The molecule has 0 N–H and O–H groups in total. The fraction of sp³-hybridized carbons (Fsp3) is 0.333. The van der Waals surface area contributed by atoms with Gasteiger partial charge in [-0.2, -0.15) is 5.10 Å². The number of methoxy groups -OCH3 is 1. The van der Waals surface area contributed by atoms with Crippen molar-refractivity contribution in [2.45, 2.75) is 6.92 Å². The van der Waals surface area contributed by atoms with Gasteiger partial charge in [-0.05, 0) is 37.3 Å². The molecular weight excluding hydrogens is 408 g/mol. The van der Waals surface area contributed by atoms with Gasteiger partial charge in [-0.15, -0.1) is 0 Å². The van der Waals surface area contributed by atoms with Crippen LogP contribution >= 0.6 is 0 Å². The van der Waals surface area contributed by atoms with Crippen molar-refractivity contribution in [1.82, 2.24) is 14.7 Å². The lowest BCUT2D eigenvalue weighted by atomic mass is 10.2. The summed E-state index contributed by atoms with van der Waals surface area (Å²) < 4.78 is 18.4. The zero-order valence-electron chi connectivity index (χ0n) is 18.3. The number of carbonyl (C=O) groups excluding carboxylic acids is 1. The number of carbonyl (C=O) groups is 1. The third-order valence-corrected chi connectivity index (χ3v) is 5.81. The fourth-order valence-corrected chi connectivity index (χ4v) is 4.15. The first-order valence-electron chi connectivity index (χ1n) is 10.8. The van der Waals surface area contributed by atoms with E-state index in [0.717, 1.165) is 47.4 Å². The number of aromatic nitrogens is 2. The van der Waals surface area contributed by atoms with Gasteiger partial charge in [-0.25, -0.2) is 4.68 Å². The van der Waals surface area contributed by atoms with Crippen LogP contribution in [0.15, 0.2) is 48.5 Å². The molecule has 2 aromatic carbocycles. The Bertz CT molecular complexity index is 1130. The van der Waals surface area contributed by atoms with Crippen LogP contribution in [0.25, 0.3) is 5.69 Å². The number of amides is 1. The number of nitrogens with zero attached hydrogens (tertiary/aromatic N) is 4. The number of ether oxygens (including phenoxy) is 3. The highest BCUT2D eigenvalue weighted by Gasteiger charge is 2.26. The molecule has 0 aliphatic carbocycles. The zero-order valence-corrected chi connectivity index (χ0v) is 18.3. The molecule has 3 aromatic rings. The van der Waals surface area contributed by atoms with E-state index in [1.54, 1.807) is 11.8 Å². The first-order chi connectivity index (χ1) is 15.6. The van der Waals surface area contributed by atoms with E-state index in [2.05, 4.69) is 10.00 Å². The Balaban J connectivity index is 1.31. The van der Waals surface area contributed by atoms with Gasteiger partial charge in [0.1, 0.15) is 24.7 Å². The minimum atomic E-state index is -0.0183. The normalized spacial score (nSPS) is 15.6. The second-order valence-electron chi connectivity index (χ2n) is 7.89. The molecule has 0 radical (unpaired) electrons. The fourth-order valence-electron chi connectivity index (χ4n) is 4.15. The predicted octanol–water partition coefficient (Wildman–Crippen LogP) is 2.92. The van der Waals surface area contributed by atoms with Crippen LogP contribution in [0.5, 0.6) is 17.2 Å². The van der Waals surface area contributed by atoms with Crippen LogP contribution in [0.1, 0.15) is 16.2 Å². The number of hydrogen-bond acceptors (Lipinski definition) is 6. The van der Waals surface area contributed by atoms with E-state index in [-0.39, 0.29) is 5.91 Å². The number of aryl methyl sites for hydroxylation is 1. The smallest absolute Gasteiger partial charge is 0.272 e. The summed E-state index contributed by atoms with van der Waals surface area (Å²) in [6, 6.07) is 15.4. The molecule has 32 heavy (non-hydrogen) atoms. The van der Waals surface area contributed by atoms with Crippen LogP contribution in [-0.2, 0) is 0 Å². The van der Waals surface area contributed by atoms with Crippen LogP contribution in [0.3, 0.4) is 0 Å². The average molecular weight is 434 g/mol. The molecule has 0 atom stereocenters. The lowest BCUT2D eigenvalue weighted by Crippen LogP contribution is -2.49. The summed E-state index contributed by atoms with van der Waals surface area (Å²) in [5.41, 5.74) is 3.24. The highest BCUT2D eigenvalue weighted by molar-refractivity contribution is 5.93. The van der Waals surface area contributed by atoms with Gasteiger partial charge < -0.3 is 24.0 Å². The first kappa shape index (κ1) is 20.2. The van der Waals surface area contributed by atoms with Crippen molar-refractivity contribution in [3.63, 3.8) is 0 Å². The first-order valence-corrected chi connectivity index (χ1v) is 10.8. The Kier molecular flexibility index (Phi) is 5.34. The predicted molar refractivity (Wildman–Crippen MR) is 120 cm³/mol. The molecule has 2 aliphatic rings. The van der Waals surface area contributed by atoms with Crippen molar-refractivity contribution in [2.24, 2.45) is 0 Å². The molecule has 0 bridgehead atoms. The Morgan fingerprint density at radius 1 is 0.938 bits per heavy atom. The standard InChI is InChI=1S/C24H26N4O4/c1-17-14-21(28(25-17)19-4-3-5-20(15-19)30-2)24(29)27-10-8-26(9-11-27)18-6-7-22-23(16-18)32-13-12-31-22/h3-7,14-16H,8-13H2,1-2H3. The van der Waals surface area contributed by atoms with Crippen LogP contribution in [0.4, 0.5) is 5.69 Å². The number of benzene rings is 2. The molecule has 1 aromatic heterocycles. The Morgan fingerprint density at radius 2 is 1.72 bits per heavy atom. The highest BCUT2D eigenvalue weighted by Crippen LogP contribution is 2.34. The second kappa shape index (κ2) is 8.45. The van der Waals surface area contributed by atoms with E-state index in [1.165, 1.54) is 0 Å². The van der Waals surface area contributed by atoms with Crippen molar-refractivity contribution in [1.29, 1.82) is 0 Å². The van der Waals surface area contributed by atoms with Gasteiger partial charge in [0.15, 0.2) is 11.5 Å². The van der Waals surface area contributed by atoms with Gasteiger partial charge in [0, 0.05) is 44.0 Å². The van der Waals surface area contributed by atoms with Gasteiger partial charge in [0.25, 0.3) is 5.91 Å². The molecule has 166 valence electrons. The summed E-state index contributed by atoms with van der Waals surface area (Å²) in [6.45, 7) is 5.81. The third kappa shape index (κ3) is 3.84. The quantitative estimate of drug-likeness (QED) is 0.629. The summed E-state index contributed by atoms with van der Waals surface area (Å²) in [5, 5.41) is 4.55. The molecule has 0 unspecified atom stereocenters. The minimum Gasteiger partial charge on any atom is -0.497 e. The molecule has 1 saturated heterocycles. The summed E-state index contributed by atoms with van der Waals surface area (Å²) in [7, 11) is 1.63. The van der Waals surface area contributed by atoms with E-state index in [4.69, 9.17) is 14.2 Å². The highest BCUT2D eigenvalue weighted by atomic mass is 16.6. The van der Waals surface area contributed by atoms with Crippen LogP contribution in [-0.4, -0.2) is 67.1 Å². The summed E-state index contributed by atoms with van der Waals surface area (Å²) >= 11 is 0. The molecule has 0 saturated carbocycles. The maximum Gasteiger partial charge on any atom is 0.272 e. The molecule has 5 rings (SSSR count). The zero-order chi connectivity index (χ0) is 22.1. The van der Waals surface area contributed by atoms with E-state index in [1.807, 2.05) is 60.4 Å². The Labute approximate surface area is 186 Å². The van der Waals surface area contributed by atoms with Crippen molar-refractivity contribution in [3.05, 3.63) is 59.9 Å². The average Bonchev–Trinajstić information content (AvgIpc) is 3.25. The third-order valence-electron chi connectivity index (χ3n) is 5.81. The van der Waals surface area contributed by atoms with Crippen molar-refractivity contribution >= 4 is 11.6 Å². The Hall–Kier alpha value is -3.68. The molecule has 1 amide bonds. The summed E-state index contributed by atoms with van der Waals surface area (Å²) in [6.07, 6.45) is 0. The number of hydrogen-bond donors (Lipinski definition) is 0. The van der Waals surface area contributed by atoms with Gasteiger partial charge in [-0.3, -0.25) is 4.79 Å².